The van der Waals surface area contributed by atoms with Gasteiger partial charge in [-0.2, -0.15) is 0 Å². The number of nitrogens with one attached hydrogen (secondary N) is 2. The largest absolute Gasteiger partial charge is 0.426 e. The lowest BCUT2D eigenvalue weighted by molar-refractivity contribution is -0.136. The van der Waals surface area contributed by atoms with Gasteiger partial charge in [-0.15, -0.1) is 0 Å². The molecule has 0 amide bonds. The summed E-state index contributed by atoms with van der Waals surface area (Å²) in [7, 11) is 0. The van der Waals surface area contributed by atoms with Crippen LogP contribution in [0.25, 0.3) is 0 Å². The number of hydrogen-bond acceptors (Lipinski definition) is 3. The number of nitrogens with two attached hydrogens (primary N) is 1. The van der Waals surface area contributed by atoms with Crippen molar-refractivity contribution in [1.29, 1.82) is 5.41 Å². The van der Waals surface area contributed by atoms with Crippen molar-refractivity contribution in [3.8, 4) is 5.75 Å². The quantitative estimate of drug-likeness (QED) is 0.343. The highest BCUT2D eigenvalue weighted by Gasteiger charge is 2.28. The second-order valence-electron chi connectivity index (χ2n) is 5.77. The summed E-state index contributed by atoms with van der Waals surface area (Å²) >= 11 is 5.85. The molecular formula is C18H18ClN3O2. The molecule has 5 nitrogen and oxygen atoms in total. The summed E-state index contributed by atoms with van der Waals surface area (Å²) in [5, 5.41) is 10.7. The van der Waals surface area contributed by atoms with Crippen molar-refractivity contribution in [2.75, 3.05) is 5.32 Å². The van der Waals surface area contributed by atoms with E-state index < -0.39 is 0 Å². The zero-order chi connectivity index (χ0) is 17.1. The average molecular weight is 344 g/mol. The molecule has 3 rings (SSSR count). The number of hydrogen-bond donors (Lipinski definition) is 3. The fourth-order valence-electron chi connectivity index (χ4n) is 2.97. The molecule has 2 aromatic carbocycles. The number of guanidine groups is 1. The van der Waals surface area contributed by atoms with Gasteiger partial charge in [-0.1, -0.05) is 17.7 Å². The first kappa shape index (κ1) is 16.3. The van der Waals surface area contributed by atoms with E-state index in [0.717, 1.165) is 30.4 Å². The van der Waals surface area contributed by atoms with Crippen LogP contribution in [0, 0.1) is 5.41 Å². The highest BCUT2D eigenvalue weighted by molar-refractivity contribution is 6.30. The maximum atomic E-state index is 12.6. The highest BCUT2D eigenvalue weighted by atomic mass is 35.5. The van der Waals surface area contributed by atoms with Crippen LogP contribution in [0.5, 0.6) is 5.75 Å². The summed E-state index contributed by atoms with van der Waals surface area (Å²) in [6, 6.07) is 12.5. The zero-order valence-corrected chi connectivity index (χ0v) is 13.8. The Kier molecular flexibility index (Phi) is 4.71. The summed E-state index contributed by atoms with van der Waals surface area (Å²) < 4.78 is 5.50. The van der Waals surface area contributed by atoms with Crippen LogP contribution in [0.4, 0.5) is 5.69 Å². The Labute approximate surface area is 145 Å². The number of ether oxygens (including phenoxy) is 1. The fraction of sp³-hybridized carbons (Fsp3) is 0.222. The van der Waals surface area contributed by atoms with Gasteiger partial charge in [-0.25, -0.2) is 0 Å². The molecule has 0 spiro atoms. The van der Waals surface area contributed by atoms with Gasteiger partial charge in [0.15, 0.2) is 5.96 Å². The predicted molar refractivity (Wildman–Crippen MR) is 94.7 cm³/mol. The van der Waals surface area contributed by atoms with E-state index in [1.807, 2.05) is 18.2 Å². The number of benzene rings is 2. The minimum atomic E-state index is -0.321. The van der Waals surface area contributed by atoms with E-state index >= 15 is 0 Å². The Morgan fingerprint density at radius 3 is 2.71 bits per heavy atom. The Hall–Kier alpha value is -2.53. The van der Waals surface area contributed by atoms with Gasteiger partial charge in [0.2, 0.25) is 0 Å². The third kappa shape index (κ3) is 3.68. The Morgan fingerprint density at radius 1 is 1.25 bits per heavy atom. The van der Waals surface area contributed by atoms with Gasteiger partial charge in [0.25, 0.3) is 0 Å². The topological polar surface area (TPSA) is 88.2 Å². The molecular weight excluding hydrogens is 326 g/mol. The number of rotatable bonds is 3. The van der Waals surface area contributed by atoms with Crippen LogP contribution in [0.1, 0.15) is 29.9 Å². The zero-order valence-electron chi connectivity index (χ0n) is 13.0. The van der Waals surface area contributed by atoms with Crippen LogP contribution < -0.4 is 15.8 Å². The number of carbonyl (C=O) groups is 1. The van der Waals surface area contributed by atoms with Gasteiger partial charge in [-0.3, -0.25) is 10.2 Å². The molecule has 1 unspecified atom stereocenters. The van der Waals surface area contributed by atoms with Crippen molar-refractivity contribution in [3.63, 3.8) is 0 Å². The van der Waals surface area contributed by atoms with Crippen molar-refractivity contribution >= 4 is 29.2 Å². The van der Waals surface area contributed by atoms with Crippen molar-refractivity contribution in [2.45, 2.75) is 25.2 Å². The lowest BCUT2D eigenvalue weighted by atomic mass is 9.82. The normalized spacial score (nSPS) is 16.1. The van der Waals surface area contributed by atoms with E-state index in [9.17, 15) is 4.79 Å². The van der Waals surface area contributed by atoms with Gasteiger partial charge in [0.1, 0.15) is 5.75 Å². The Morgan fingerprint density at radius 2 is 2.00 bits per heavy atom. The van der Waals surface area contributed by atoms with Gasteiger partial charge < -0.3 is 15.8 Å². The second-order valence-corrected chi connectivity index (χ2v) is 6.21. The van der Waals surface area contributed by atoms with Crippen molar-refractivity contribution in [2.24, 2.45) is 5.73 Å². The number of esters is 1. The molecule has 6 heteroatoms. The van der Waals surface area contributed by atoms with Gasteiger partial charge in [0, 0.05) is 10.7 Å². The molecule has 1 aliphatic carbocycles. The molecule has 1 atom stereocenters. The smallest absolute Gasteiger partial charge is 0.318 e. The molecule has 1 aliphatic rings. The molecule has 4 N–H and O–H groups in total. The van der Waals surface area contributed by atoms with Crippen molar-refractivity contribution in [1.82, 2.24) is 0 Å². The van der Waals surface area contributed by atoms with Gasteiger partial charge in [0.05, 0.1) is 5.92 Å². The first-order valence-electron chi connectivity index (χ1n) is 7.74. The van der Waals surface area contributed by atoms with Crippen LogP contribution >= 0.6 is 11.6 Å². The van der Waals surface area contributed by atoms with Crippen LogP contribution in [0.15, 0.2) is 42.5 Å². The molecule has 0 bridgehead atoms. The second kappa shape index (κ2) is 6.93. The molecule has 0 aromatic heterocycles. The van der Waals surface area contributed by atoms with Crippen molar-refractivity contribution in [3.05, 3.63) is 58.6 Å². The standard InChI is InChI=1S/C18H18ClN3O2/c19-12-5-8-14(9-6-12)24-17(23)15-3-1-2-11-4-7-13(10-16(11)15)22-18(20)21/h4-10,15H,1-3H2,(H4,20,21,22). The number of halogens is 1. The van der Waals surface area contributed by atoms with Crippen molar-refractivity contribution < 1.29 is 9.53 Å². The van der Waals surface area contributed by atoms with Gasteiger partial charge in [-0.05, 0) is 66.8 Å². The summed E-state index contributed by atoms with van der Waals surface area (Å²) in [5.74, 6) is -0.253. The Bertz CT molecular complexity index is 774. The van der Waals surface area contributed by atoms with E-state index in [4.69, 9.17) is 27.5 Å². The molecule has 124 valence electrons. The van der Waals surface area contributed by atoms with Crippen LogP contribution in [-0.2, 0) is 11.2 Å². The molecule has 0 saturated heterocycles. The first-order valence-corrected chi connectivity index (χ1v) is 8.12. The molecule has 2 aromatic rings. The maximum absolute atomic E-state index is 12.6. The summed E-state index contributed by atoms with van der Waals surface area (Å²) in [6.45, 7) is 0. The Balaban J connectivity index is 1.83. The summed E-state index contributed by atoms with van der Waals surface area (Å²) in [5.41, 5.74) is 8.15. The molecule has 0 aliphatic heterocycles. The fourth-order valence-corrected chi connectivity index (χ4v) is 3.09. The molecule has 0 saturated carbocycles. The van der Waals surface area contributed by atoms with Crippen LogP contribution in [0.2, 0.25) is 5.02 Å². The predicted octanol–water partition coefficient (Wildman–Crippen LogP) is 3.67. The number of fused-ring (bicyclic) bond motifs is 1. The minimum Gasteiger partial charge on any atom is -0.426 e. The van der Waals surface area contributed by atoms with Crippen LogP contribution in [-0.4, -0.2) is 11.9 Å². The first-order chi connectivity index (χ1) is 11.5. The van der Waals surface area contributed by atoms with Gasteiger partial charge >= 0.3 is 5.97 Å². The lowest BCUT2D eigenvalue weighted by Gasteiger charge is -2.24. The van der Waals surface area contributed by atoms with Crippen LogP contribution in [0.3, 0.4) is 0 Å². The summed E-state index contributed by atoms with van der Waals surface area (Å²) in [4.78, 5) is 12.6. The minimum absolute atomic E-state index is 0.133. The lowest BCUT2D eigenvalue weighted by Crippen LogP contribution is -2.24. The monoisotopic (exact) mass is 343 g/mol. The number of anilines is 1. The summed E-state index contributed by atoms with van der Waals surface area (Å²) in [6.07, 6.45) is 2.61. The third-order valence-corrected chi connectivity index (χ3v) is 4.31. The van der Waals surface area contributed by atoms with E-state index in [0.29, 0.717) is 16.5 Å². The average Bonchev–Trinajstić information content (AvgIpc) is 2.55. The highest BCUT2D eigenvalue weighted by Crippen LogP contribution is 2.34. The van der Waals surface area contributed by atoms with E-state index in [1.54, 1.807) is 24.3 Å². The number of carbonyl (C=O) groups excluding carboxylic acids is 1. The molecule has 0 fully saturated rings. The third-order valence-electron chi connectivity index (χ3n) is 4.06. The van der Waals surface area contributed by atoms with E-state index in [2.05, 4.69) is 5.32 Å². The maximum Gasteiger partial charge on any atom is 0.318 e. The van der Waals surface area contributed by atoms with E-state index in [-0.39, 0.29) is 17.8 Å². The molecule has 24 heavy (non-hydrogen) atoms. The SMILES string of the molecule is N=C(N)Nc1ccc2c(c1)C(C(=O)Oc1ccc(Cl)cc1)CCC2. The van der Waals surface area contributed by atoms with E-state index in [1.165, 1.54) is 0 Å². The number of aryl methyl sites for hydroxylation is 1. The molecule has 0 radical (unpaired) electrons. The molecule has 0 heterocycles.